The summed E-state index contributed by atoms with van der Waals surface area (Å²) in [4.78, 5) is 23.9. The summed E-state index contributed by atoms with van der Waals surface area (Å²) in [5.74, 6) is -1.47. The molecule has 0 fully saturated rings. The summed E-state index contributed by atoms with van der Waals surface area (Å²) in [6, 6.07) is 13.2. The number of hydrogen-bond donors (Lipinski definition) is 1. The minimum atomic E-state index is -0.687. The van der Waals surface area contributed by atoms with E-state index < -0.39 is 17.7 Å². The Bertz CT molecular complexity index is 886. The van der Waals surface area contributed by atoms with Crippen LogP contribution in [0.3, 0.4) is 0 Å². The first kappa shape index (κ1) is 19.8. The van der Waals surface area contributed by atoms with Gasteiger partial charge in [0.15, 0.2) is 0 Å². The van der Waals surface area contributed by atoms with E-state index >= 15 is 0 Å². The fraction of sp³-hybridized carbons (Fsp3) is 0.150. The molecule has 6 nitrogen and oxygen atoms in total. The zero-order valence-corrected chi connectivity index (χ0v) is 14.6. The average molecular weight is 368 g/mol. The minimum Gasteiger partial charge on any atom is -0.423 e. The molecule has 0 aromatic heterocycles. The molecule has 7 heteroatoms. The van der Waals surface area contributed by atoms with Crippen LogP contribution in [0, 0.1) is 17.1 Å². The third kappa shape index (κ3) is 6.06. The predicted octanol–water partition coefficient (Wildman–Crippen LogP) is 2.71. The van der Waals surface area contributed by atoms with Gasteiger partial charge in [0.2, 0.25) is 0 Å². The number of esters is 1. The van der Waals surface area contributed by atoms with Gasteiger partial charge in [-0.15, -0.1) is 0 Å². The van der Waals surface area contributed by atoms with Crippen LogP contribution < -0.4 is 10.1 Å². The maximum absolute atomic E-state index is 13.2. The second-order valence-corrected chi connectivity index (χ2v) is 5.39. The van der Waals surface area contributed by atoms with E-state index in [-0.39, 0.29) is 16.9 Å². The van der Waals surface area contributed by atoms with Crippen molar-refractivity contribution in [2.75, 3.05) is 20.3 Å². The van der Waals surface area contributed by atoms with Crippen molar-refractivity contribution in [3.8, 4) is 11.8 Å². The Morgan fingerprint density at radius 3 is 2.59 bits per heavy atom. The molecule has 2 rings (SSSR count). The molecule has 27 heavy (non-hydrogen) atoms. The number of benzene rings is 2. The highest BCUT2D eigenvalue weighted by Crippen LogP contribution is 2.16. The van der Waals surface area contributed by atoms with Crippen molar-refractivity contribution in [2.45, 2.75) is 0 Å². The SMILES string of the molecule is COCCNC(=O)/C(C#N)=C/c1ccc(OC(=O)c2cccc(F)c2)cc1. The summed E-state index contributed by atoms with van der Waals surface area (Å²) in [5, 5.41) is 11.7. The Labute approximate surface area is 155 Å². The second-order valence-electron chi connectivity index (χ2n) is 5.39. The van der Waals surface area contributed by atoms with Crippen LogP contribution in [0.2, 0.25) is 0 Å². The number of carbonyl (C=O) groups is 2. The van der Waals surface area contributed by atoms with Crippen molar-refractivity contribution < 1.29 is 23.5 Å². The number of rotatable bonds is 7. The molecule has 1 amide bonds. The molecule has 0 spiro atoms. The van der Waals surface area contributed by atoms with E-state index in [1.54, 1.807) is 12.1 Å². The highest BCUT2D eigenvalue weighted by molar-refractivity contribution is 6.01. The molecule has 2 aromatic carbocycles. The highest BCUT2D eigenvalue weighted by atomic mass is 19.1. The Morgan fingerprint density at radius 2 is 1.96 bits per heavy atom. The number of ether oxygens (including phenoxy) is 2. The summed E-state index contributed by atoms with van der Waals surface area (Å²) in [6.07, 6.45) is 1.42. The van der Waals surface area contributed by atoms with Gasteiger partial charge in [0.1, 0.15) is 23.2 Å². The lowest BCUT2D eigenvalue weighted by molar-refractivity contribution is -0.117. The van der Waals surface area contributed by atoms with Crippen LogP contribution in [0.15, 0.2) is 54.1 Å². The molecule has 0 unspecified atom stereocenters. The van der Waals surface area contributed by atoms with Gasteiger partial charge in [0.05, 0.1) is 12.2 Å². The summed E-state index contributed by atoms with van der Waals surface area (Å²) >= 11 is 0. The summed E-state index contributed by atoms with van der Waals surface area (Å²) in [6.45, 7) is 0.638. The average Bonchev–Trinajstić information content (AvgIpc) is 2.67. The Hall–Kier alpha value is -3.50. The molecule has 0 saturated carbocycles. The fourth-order valence-electron chi connectivity index (χ4n) is 2.09. The third-order valence-electron chi connectivity index (χ3n) is 3.42. The van der Waals surface area contributed by atoms with Gasteiger partial charge in [0, 0.05) is 13.7 Å². The van der Waals surface area contributed by atoms with Crippen molar-refractivity contribution in [1.82, 2.24) is 5.32 Å². The molecule has 0 atom stereocenters. The number of nitriles is 1. The van der Waals surface area contributed by atoms with Gasteiger partial charge >= 0.3 is 5.97 Å². The van der Waals surface area contributed by atoms with Crippen LogP contribution in [0.25, 0.3) is 6.08 Å². The Morgan fingerprint density at radius 1 is 1.22 bits per heavy atom. The quantitative estimate of drug-likeness (QED) is 0.267. The van der Waals surface area contributed by atoms with E-state index in [2.05, 4.69) is 5.32 Å². The molecule has 0 aliphatic rings. The van der Waals surface area contributed by atoms with Crippen LogP contribution in [0.4, 0.5) is 4.39 Å². The first-order valence-corrected chi connectivity index (χ1v) is 8.00. The number of hydrogen-bond acceptors (Lipinski definition) is 5. The molecule has 0 heterocycles. The van der Waals surface area contributed by atoms with E-state index in [9.17, 15) is 14.0 Å². The molecular weight excluding hydrogens is 351 g/mol. The van der Waals surface area contributed by atoms with E-state index in [0.29, 0.717) is 18.7 Å². The number of carbonyl (C=O) groups excluding carboxylic acids is 2. The van der Waals surface area contributed by atoms with Gasteiger partial charge < -0.3 is 14.8 Å². The van der Waals surface area contributed by atoms with Gasteiger partial charge in [-0.05, 0) is 42.0 Å². The van der Waals surface area contributed by atoms with Crippen LogP contribution >= 0.6 is 0 Å². The van der Waals surface area contributed by atoms with Crippen molar-refractivity contribution in [1.29, 1.82) is 5.26 Å². The smallest absolute Gasteiger partial charge is 0.343 e. The largest absolute Gasteiger partial charge is 0.423 e. The zero-order valence-electron chi connectivity index (χ0n) is 14.6. The van der Waals surface area contributed by atoms with E-state index in [0.717, 1.165) is 6.07 Å². The summed E-state index contributed by atoms with van der Waals surface area (Å²) in [7, 11) is 1.51. The zero-order chi connectivity index (χ0) is 19.6. The van der Waals surface area contributed by atoms with E-state index in [1.807, 2.05) is 6.07 Å². The Balaban J connectivity index is 2.04. The van der Waals surface area contributed by atoms with Crippen LogP contribution in [-0.4, -0.2) is 32.1 Å². The van der Waals surface area contributed by atoms with Crippen molar-refractivity contribution in [3.63, 3.8) is 0 Å². The lowest BCUT2D eigenvalue weighted by Crippen LogP contribution is -2.27. The minimum absolute atomic E-state index is 0.0596. The molecular formula is C20H17FN2O4. The van der Waals surface area contributed by atoms with Crippen LogP contribution in [0.1, 0.15) is 15.9 Å². The van der Waals surface area contributed by atoms with Crippen molar-refractivity contribution in [3.05, 3.63) is 71.0 Å². The number of nitrogens with one attached hydrogen (secondary N) is 1. The van der Waals surface area contributed by atoms with Gasteiger partial charge in [-0.3, -0.25) is 4.79 Å². The normalized spacial score (nSPS) is 10.8. The predicted molar refractivity (Wildman–Crippen MR) is 96.3 cm³/mol. The van der Waals surface area contributed by atoms with Crippen LogP contribution in [0.5, 0.6) is 5.75 Å². The van der Waals surface area contributed by atoms with Crippen molar-refractivity contribution >= 4 is 18.0 Å². The molecule has 0 radical (unpaired) electrons. The molecule has 0 saturated heterocycles. The molecule has 2 aromatic rings. The monoisotopic (exact) mass is 368 g/mol. The first-order chi connectivity index (χ1) is 13.0. The number of methoxy groups -OCH3 is 1. The molecule has 0 bridgehead atoms. The van der Waals surface area contributed by atoms with Gasteiger partial charge in [0.25, 0.3) is 5.91 Å². The molecule has 0 aliphatic heterocycles. The molecule has 138 valence electrons. The molecule has 0 aliphatic carbocycles. The van der Waals surface area contributed by atoms with Crippen molar-refractivity contribution in [2.24, 2.45) is 0 Å². The standard InChI is InChI=1S/C20H17FN2O4/c1-26-10-9-23-19(24)16(13-22)11-14-5-7-18(8-6-14)27-20(25)15-3-2-4-17(21)12-15/h2-8,11-12H,9-10H2,1H3,(H,23,24)/b16-11+. The first-order valence-electron chi connectivity index (χ1n) is 8.00. The second kappa shape index (κ2) is 9.85. The van der Waals surface area contributed by atoms with E-state index in [4.69, 9.17) is 14.7 Å². The van der Waals surface area contributed by atoms with Gasteiger partial charge in [-0.1, -0.05) is 18.2 Å². The maximum atomic E-state index is 13.2. The maximum Gasteiger partial charge on any atom is 0.343 e. The number of nitrogens with zero attached hydrogens (tertiary/aromatic N) is 1. The number of amides is 1. The summed E-state index contributed by atoms with van der Waals surface area (Å²) in [5.41, 5.74) is 0.619. The van der Waals surface area contributed by atoms with Crippen LogP contribution in [-0.2, 0) is 9.53 Å². The summed E-state index contributed by atoms with van der Waals surface area (Å²) < 4.78 is 23.2. The highest BCUT2D eigenvalue weighted by Gasteiger charge is 2.10. The van der Waals surface area contributed by atoms with E-state index in [1.165, 1.54) is 43.5 Å². The number of halogens is 1. The lowest BCUT2D eigenvalue weighted by Gasteiger charge is -2.05. The lowest BCUT2D eigenvalue weighted by atomic mass is 10.1. The third-order valence-corrected chi connectivity index (χ3v) is 3.42. The Kier molecular flexibility index (Phi) is 7.23. The van der Waals surface area contributed by atoms with Gasteiger partial charge in [-0.2, -0.15) is 5.26 Å². The fourth-order valence-corrected chi connectivity index (χ4v) is 2.09. The topological polar surface area (TPSA) is 88.4 Å². The molecule has 1 N–H and O–H groups in total. The van der Waals surface area contributed by atoms with Gasteiger partial charge in [-0.25, -0.2) is 9.18 Å².